The minimum atomic E-state index is 0.222. The molecule has 90 valence electrons. The highest BCUT2D eigenvalue weighted by molar-refractivity contribution is 5.81. The molecule has 2 saturated carbocycles. The van der Waals surface area contributed by atoms with E-state index >= 15 is 0 Å². The molecule has 0 bridgehead atoms. The number of hydrogen-bond donors (Lipinski definition) is 1. The van der Waals surface area contributed by atoms with Crippen LogP contribution < -0.4 is 5.73 Å². The quantitative estimate of drug-likeness (QED) is 0.763. The van der Waals surface area contributed by atoms with E-state index in [0.717, 1.165) is 25.3 Å². The molecule has 0 aromatic carbocycles. The predicted octanol–water partition coefficient (Wildman–Crippen LogP) is 1.11. The number of methoxy groups -OCH3 is 1. The van der Waals surface area contributed by atoms with E-state index in [1.165, 1.54) is 25.7 Å². The summed E-state index contributed by atoms with van der Waals surface area (Å²) in [6.45, 7) is 0.884. The van der Waals surface area contributed by atoms with Crippen LogP contribution in [-0.4, -0.2) is 42.2 Å². The van der Waals surface area contributed by atoms with Gasteiger partial charge in [-0.25, -0.2) is 0 Å². The monoisotopic (exact) mass is 223 g/mol. The van der Waals surface area contributed by atoms with Gasteiger partial charge in [0.25, 0.3) is 0 Å². The molecule has 3 rings (SSSR count). The smallest absolute Gasteiger partial charge is 0.192 e. The molecule has 1 spiro atoms. The van der Waals surface area contributed by atoms with Gasteiger partial charge in [-0.1, -0.05) is 12.8 Å². The number of ether oxygens (including phenoxy) is 1. The van der Waals surface area contributed by atoms with Gasteiger partial charge < -0.3 is 15.4 Å². The zero-order chi connectivity index (χ0) is 11.2. The van der Waals surface area contributed by atoms with Gasteiger partial charge in [-0.2, -0.15) is 0 Å². The number of nitrogens with zero attached hydrogens (tertiary/aromatic N) is 2. The van der Waals surface area contributed by atoms with Crippen molar-refractivity contribution in [2.75, 3.05) is 13.7 Å². The first-order chi connectivity index (χ1) is 7.75. The predicted molar refractivity (Wildman–Crippen MR) is 63.3 cm³/mol. The van der Waals surface area contributed by atoms with Crippen LogP contribution in [0.1, 0.15) is 38.5 Å². The molecule has 0 radical (unpaired) electrons. The van der Waals surface area contributed by atoms with E-state index in [9.17, 15) is 0 Å². The summed E-state index contributed by atoms with van der Waals surface area (Å²) in [7, 11) is 1.80. The summed E-state index contributed by atoms with van der Waals surface area (Å²) in [6.07, 6.45) is 7.89. The molecule has 4 heteroatoms. The van der Waals surface area contributed by atoms with Crippen LogP contribution in [0.2, 0.25) is 0 Å². The molecule has 0 atom stereocenters. The zero-order valence-corrected chi connectivity index (χ0v) is 9.98. The molecule has 0 amide bonds. The summed E-state index contributed by atoms with van der Waals surface area (Å²) >= 11 is 0. The Bertz CT molecular complexity index is 303. The highest BCUT2D eigenvalue weighted by Crippen LogP contribution is 2.45. The number of aliphatic imine (C=N–C) groups is 1. The largest absolute Gasteiger partial charge is 0.381 e. The molecular weight excluding hydrogens is 202 g/mol. The Hall–Kier alpha value is -0.770. The van der Waals surface area contributed by atoms with E-state index in [1.807, 2.05) is 0 Å². The fraction of sp³-hybridized carbons (Fsp3) is 0.917. The normalized spacial score (nSPS) is 39.2. The van der Waals surface area contributed by atoms with Gasteiger partial charge in [0.05, 0.1) is 18.2 Å². The van der Waals surface area contributed by atoms with Crippen LogP contribution in [-0.2, 0) is 4.74 Å². The maximum Gasteiger partial charge on any atom is 0.192 e. The summed E-state index contributed by atoms with van der Waals surface area (Å²) in [5.41, 5.74) is 6.29. The Labute approximate surface area is 96.8 Å². The van der Waals surface area contributed by atoms with E-state index < -0.39 is 0 Å². The van der Waals surface area contributed by atoms with Crippen molar-refractivity contribution in [2.45, 2.75) is 56.2 Å². The summed E-state index contributed by atoms with van der Waals surface area (Å²) in [5, 5.41) is 0. The second-order valence-electron chi connectivity index (χ2n) is 5.47. The Balaban J connectivity index is 1.75. The Morgan fingerprint density at radius 3 is 2.69 bits per heavy atom. The van der Waals surface area contributed by atoms with Gasteiger partial charge in [0, 0.05) is 13.2 Å². The molecule has 0 unspecified atom stereocenters. The lowest BCUT2D eigenvalue weighted by Crippen LogP contribution is -2.63. The summed E-state index contributed by atoms with van der Waals surface area (Å²) < 4.78 is 5.40. The molecule has 3 aliphatic rings. The first-order valence-electron chi connectivity index (χ1n) is 6.37. The van der Waals surface area contributed by atoms with Crippen LogP contribution in [0.4, 0.5) is 0 Å². The average Bonchev–Trinajstić information content (AvgIpc) is 2.81. The lowest BCUT2D eigenvalue weighted by atomic mass is 9.72. The van der Waals surface area contributed by atoms with E-state index in [1.54, 1.807) is 7.11 Å². The molecule has 16 heavy (non-hydrogen) atoms. The molecule has 2 aliphatic carbocycles. The fourth-order valence-corrected chi connectivity index (χ4v) is 3.64. The summed E-state index contributed by atoms with van der Waals surface area (Å²) in [5.74, 6) is 0.779. The maximum absolute atomic E-state index is 6.07. The molecule has 1 aliphatic heterocycles. The first-order valence-corrected chi connectivity index (χ1v) is 6.37. The van der Waals surface area contributed by atoms with Crippen LogP contribution in [0.5, 0.6) is 0 Å². The SMILES string of the molecule is COC1CC2(CN=C(N)N2C2CCCC2)C1. The van der Waals surface area contributed by atoms with Crippen LogP contribution in [0, 0.1) is 0 Å². The Morgan fingerprint density at radius 1 is 1.38 bits per heavy atom. The van der Waals surface area contributed by atoms with Crippen molar-refractivity contribution in [3.05, 3.63) is 0 Å². The zero-order valence-electron chi connectivity index (χ0n) is 9.98. The summed E-state index contributed by atoms with van der Waals surface area (Å²) in [4.78, 5) is 6.90. The van der Waals surface area contributed by atoms with Crippen molar-refractivity contribution in [3.63, 3.8) is 0 Å². The molecule has 4 nitrogen and oxygen atoms in total. The van der Waals surface area contributed by atoms with Crippen molar-refractivity contribution in [1.29, 1.82) is 0 Å². The standard InChI is InChI=1S/C12H21N3O/c1-16-10-6-12(7-10)8-14-11(13)15(12)9-4-2-3-5-9/h9-10H,2-8H2,1H3,(H2,13,14). The number of guanidine groups is 1. The maximum atomic E-state index is 6.07. The third-order valence-electron chi connectivity index (χ3n) is 4.53. The van der Waals surface area contributed by atoms with Gasteiger partial charge in [-0.3, -0.25) is 4.99 Å². The molecule has 0 aromatic rings. The van der Waals surface area contributed by atoms with Gasteiger partial charge >= 0.3 is 0 Å². The van der Waals surface area contributed by atoms with Gasteiger partial charge in [0.15, 0.2) is 5.96 Å². The third kappa shape index (κ3) is 1.35. The molecular formula is C12H21N3O. The Kier molecular flexibility index (Phi) is 2.35. The summed E-state index contributed by atoms with van der Waals surface area (Å²) in [6, 6.07) is 0.643. The van der Waals surface area contributed by atoms with Crippen LogP contribution >= 0.6 is 0 Å². The van der Waals surface area contributed by atoms with Gasteiger partial charge in [0.2, 0.25) is 0 Å². The molecule has 0 aromatic heterocycles. The highest BCUT2D eigenvalue weighted by Gasteiger charge is 2.54. The highest BCUT2D eigenvalue weighted by atomic mass is 16.5. The number of hydrogen-bond acceptors (Lipinski definition) is 4. The minimum absolute atomic E-state index is 0.222. The van der Waals surface area contributed by atoms with Crippen LogP contribution in [0.25, 0.3) is 0 Å². The molecule has 1 heterocycles. The van der Waals surface area contributed by atoms with Crippen molar-refractivity contribution in [3.8, 4) is 0 Å². The Morgan fingerprint density at radius 2 is 2.06 bits per heavy atom. The molecule has 2 N–H and O–H groups in total. The van der Waals surface area contributed by atoms with Crippen molar-refractivity contribution < 1.29 is 4.74 Å². The fourth-order valence-electron chi connectivity index (χ4n) is 3.64. The molecule has 0 saturated heterocycles. The second kappa shape index (κ2) is 3.62. The lowest BCUT2D eigenvalue weighted by Gasteiger charge is -2.52. The van der Waals surface area contributed by atoms with Crippen LogP contribution in [0.15, 0.2) is 4.99 Å². The van der Waals surface area contributed by atoms with Gasteiger partial charge in [0.1, 0.15) is 0 Å². The number of nitrogens with two attached hydrogens (primary N) is 1. The second-order valence-corrected chi connectivity index (χ2v) is 5.47. The van der Waals surface area contributed by atoms with Crippen LogP contribution in [0.3, 0.4) is 0 Å². The average molecular weight is 223 g/mol. The molecule has 2 fully saturated rings. The first kappa shape index (κ1) is 10.4. The van der Waals surface area contributed by atoms with Crippen molar-refractivity contribution in [1.82, 2.24) is 4.90 Å². The minimum Gasteiger partial charge on any atom is -0.381 e. The topological polar surface area (TPSA) is 50.9 Å². The van der Waals surface area contributed by atoms with E-state index in [0.29, 0.717) is 12.1 Å². The lowest BCUT2D eigenvalue weighted by molar-refractivity contribution is -0.0663. The van der Waals surface area contributed by atoms with Crippen molar-refractivity contribution >= 4 is 5.96 Å². The van der Waals surface area contributed by atoms with E-state index in [2.05, 4.69) is 9.89 Å². The number of rotatable bonds is 2. The van der Waals surface area contributed by atoms with Crippen molar-refractivity contribution in [2.24, 2.45) is 10.7 Å². The van der Waals surface area contributed by atoms with Gasteiger partial charge in [-0.15, -0.1) is 0 Å². The van der Waals surface area contributed by atoms with E-state index in [4.69, 9.17) is 10.5 Å². The third-order valence-corrected chi connectivity index (χ3v) is 4.53. The van der Waals surface area contributed by atoms with E-state index in [-0.39, 0.29) is 5.54 Å². The van der Waals surface area contributed by atoms with Gasteiger partial charge in [-0.05, 0) is 25.7 Å².